The third-order valence-electron chi connectivity index (χ3n) is 9.33. The molecule has 1 unspecified atom stereocenters. The van der Waals surface area contributed by atoms with E-state index in [0.29, 0.717) is 18.5 Å². The Kier molecular flexibility index (Phi) is 3.79. The number of nitrogens with zero attached hydrogens (tertiary/aromatic N) is 2. The van der Waals surface area contributed by atoms with Crippen LogP contribution in [0.5, 0.6) is 0 Å². The van der Waals surface area contributed by atoms with Gasteiger partial charge in [-0.1, -0.05) is 25.1 Å². The molecular weight excluding hydrogens is 470 g/mol. The first-order chi connectivity index (χ1) is 17.9. The van der Waals surface area contributed by atoms with Gasteiger partial charge in [0.2, 0.25) is 17.3 Å². The van der Waals surface area contributed by atoms with E-state index in [4.69, 9.17) is 9.47 Å². The zero-order valence-corrected chi connectivity index (χ0v) is 20.7. The van der Waals surface area contributed by atoms with Crippen molar-refractivity contribution in [3.8, 4) is 11.3 Å². The second-order valence-electron chi connectivity index (χ2n) is 10.7. The van der Waals surface area contributed by atoms with Crippen LogP contribution in [0.15, 0.2) is 48.7 Å². The lowest BCUT2D eigenvalue weighted by Gasteiger charge is -2.40. The monoisotopic (exact) mass is 496 g/mol. The van der Waals surface area contributed by atoms with Crippen molar-refractivity contribution in [3.63, 3.8) is 0 Å². The Morgan fingerprint density at radius 1 is 1.24 bits per heavy atom. The number of carbonyl (C=O) groups excluding carboxylic acids is 2. The average molecular weight is 497 g/mol. The summed E-state index contributed by atoms with van der Waals surface area (Å²) in [6.45, 7) is 4.19. The predicted molar refractivity (Wildman–Crippen MR) is 134 cm³/mol. The summed E-state index contributed by atoms with van der Waals surface area (Å²) < 4.78 is 16.4. The largest absolute Gasteiger partial charge is 0.467 e. The Balaban J connectivity index is 1.67. The van der Waals surface area contributed by atoms with Gasteiger partial charge in [-0.05, 0) is 31.0 Å². The first-order valence-electron chi connectivity index (χ1n) is 12.8. The maximum Gasteiger partial charge on any atom is 0.343 e. The molecule has 2 bridgehead atoms. The average Bonchev–Trinajstić information content (AvgIpc) is 3.59. The number of pyridine rings is 1. The van der Waals surface area contributed by atoms with Crippen molar-refractivity contribution in [2.45, 2.75) is 50.3 Å². The van der Waals surface area contributed by atoms with Crippen molar-refractivity contribution >= 4 is 33.7 Å². The minimum atomic E-state index is -1.93. The summed E-state index contributed by atoms with van der Waals surface area (Å²) in [7, 11) is 1.31. The Morgan fingerprint density at radius 3 is 2.81 bits per heavy atom. The van der Waals surface area contributed by atoms with Gasteiger partial charge in [-0.15, -0.1) is 0 Å². The molecule has 0 aliphatic carbocycles. The Labute approximate surface area is 212 Å². The number of aliphatic hydroxyl groups is 1. The van der Waals surface area contributed by atoms with E-state index >= 15 is 0 Å². The van der Waals surface area contributed by atoms with Crippen LogP contribution in [-0.2, 0) is 26.5 Å². The molecule has 2 aromatic heterocycles. The second-order valence-corrected chi connectivity index (χ2v) is 10.7. The van der Waals surface area contributed by atoms with E-state index in [1.54, 1.807) is 6.92 Å². The molecule has 8 nitrogen and oxygen atoms in total. The molecule has 1 saturated heterocycles. The smallest absolute Gasteiger partial charge is 0.343 e. The molecule has 0 radical (unpaired) electrons. The molecule has 4 aliphatic rings. The summed E-state index contributed by atoms with van der Waals surface area (Å²) in [6, 6.07) is 13.6. The Bertz CT molecular complexity index is 1740. The number of rotatable bonds is 2. The molecular formula is C29H26N3O5+. The number of nitrogens with one attached hydrogen (secondary N) is 1. The lowest BCUT2D eigenvalue weighted by molar-refractivity contribution is -0.706. The van der Waals surface area contributed by atoms with E-state index < -0.39 is 29.3 Å². The van der Waals surface area contributed by atoms with E-state index in [-0.39, 0.29) is 11.9 Å². The van der Waals surface area contributed by atoms with Crippen LogP contribution in [0.1, 0.15) is 47.8 Å². The van der Waals surface area contributed by atoms with Gasteiger partial charge in [0.25, 0.3) is 5.91 Å². The zero-order valence-electron chi connectivity index (χ0n) is 20.7. The Hall–Kier alpha value is -3.75. The summed E-state index contributed by atoms with van der Waals surface area (Å²) in [5.41, 5.74) is 2.91. The molecule has 4 aromatic rings. The number of ether oxygens (including phenoxy) is 2. The summed E-state index contributed by atoms with van der Waals surface area (Å²) in [5.74, 6) is -1.32. The van der Waals surface area contributed by atoms with Gasteiger partial charge >= 0.3 is 5.97 Å². The van der Waals surface area contributed by atoms with Gasteiger partial charge in [-0.25, -0.2) is 4.79 Å². The van der Waals surface area contributed by atoms with Crippen LogP contribution < -0.4 is 9.88 Å². The van der Waals surface area contributed by atoms with E-state index in [1.807, 2.05) is 60.2 Å². The SMILES string of the molecule is CC[C@H]1[C@H]2O[C@](C)(n3c4ccccc4c4c5c(c6c(c43)C2[n+]2ccccc2-6)C(=O)NC5)[C@@]1(O)C(=O)OC. The van der Waals surface area contributed by atoms with Crippen LogP contribution in [0.3, 0.4) is 0 Å². The molecule has 0 saturated carbocycles. The van der Waals surface area contributed by atoms with E-state index in [9.17, 15) is 14.7 Å². The van der Waals surface area contributed by atoms with Crippen molar-refractivity contribution in [2.24, 2.45) is 5.92 Å². The third-order valence-corrected chi connectivity index (χ3v) is 9.33. The quantitative estimate of drug-likeness (QED) is 0.329. The van der Waals surface area contributed by atoms with Gasteiger partial charge in [-0.3, -0.25) is 4.79 Å². The molecule has 0 spiro atoms. The first-order valence-corrected chi connectivity index (χ1v) is 12.8. The van der Waals surface area contributed by atoms with Gasteiger partial charge < -0.3 is 24.5 Å². The van der Waals surface area contributed by atoms with Gasteiger partial charge in [0.15, 0.2) is 11.9 Å². The molecule has 37 heavy (non-hydrogen) atoms. The topological polar surface area (TPSA) is 93.7 Å². The highest BCUT2D eigenvalue weighted by Gasteiger charge is 2.73. The molecule has 186 valence electrons. The maximum absolute atomic E-state index is 13.5. The lowest BCUT2D eigenvalue weighted by atomic mass is 9.74. The van der Waals surface area contributed by atoms with Crippen molar-refractivity contribution in [2.75, 3.05) is 7.11 Å². The highest BCUT2D eigenvalue weighted by atomic mass is 16.6. The number of amides is 1. The van der Waals surface area contributed by atoms with Gasteiger partial charge in [-0.2, -0.15) is 4.57 Å². The third kappa shape index (κ3) is 2.08. The Morgan fingerprint density at radius 2 is 2.03 bits per heavy atom. The standard InChI is InChI=1S/C29H25N3O5/c1-4-16-25-24-22-21(18-11-7-8-12-31(18)24)20-15(13-30-26(20)33)19-14-9-5-6-10-17(14)32(23(19)22)28(2,37-25)29(16,35)27(34)36-3/h5-12,16,24-25,35H,4,13H2,1-3H3/p+1/t16-,24?,25+,28-,29-/m0/s1. The number of benzene rings is 2. The fourth-order valence-corrected chi connectivity index (χ4v) is 7.93. The number of fused-ring (bicyclic) bond motifs is 13. The van der Waals surface area contributed by atoms with Gasteiger partial charge in [0.1, 0.15) is 6.10 Å². The normalized spacial score (nSPS) is 30.4. The fraction of sp³-hybridized carbons (Fsp3) is 0.345. The maximum atomic E-state index is 13.5. The van der Waals surface area contributed by atoms with E-state index in [0.717, 1.165) is 44.2 Å². The van der Waals surface area contributed by atoms with E-state index in [2.05, 4.69) is 9.88 Å². The molecule has 8 heteroatoms. The van der Waals surface area contributed by atoms with Crippen molar-refractivity contribution in [1.82, 2.24) is 9.88 Å². The van der Waals surface area contributed by atoms with Crippen LogP contribution >= 0.6 is 0 Å². The van der Waals surface area contributed by atoms with Gasteiger partial charge in [0, 0.05) is 35.4 Å². The van der Waals surface area contributed by atoms with Crippen LogP contribution in [-0.4, -0.2) is 40.4 Å². The summed E-state index contributed by atoms with van der Waals surface area (Å²) in [6.07, 6.45) is 1.98. The number of carbonyl (C=O) groups is 2. The number of methoxy groups -OCH3 is 1. The number of para-hydroxylation sites is 1. The van der Waals surface area contributed by atoms with Crippen molar-refractivity contribution in [3.05, 3.63) is 65.4 Å². The van der Waals surface area contributed by atoms with E-state index in [1.165, 1.54) is 7.11 Å². The summed E-state index contributed by atoms with van der Waals surface area (Å²) in [4.78, 5) is 26.9. The number of hydrogen-bond donors (Lipinski definition) is 2. The van der Waals surface area contributed by atoms with Crippen LogP contribution in [0.2, 0.25) is 0 Å². The highest BCUT2D eigenvalue weighted by Crippen LogP contribution is 2.61. The highest BCUT2D eigenvalue weighted by molar-refractivity contribution is 6.19. The molecule has 4 aliphatic heterocycles. The predicted octanol–water partition coefficient (Wildman–Crippen LogP) is 2.91. The number of esters is 1. The van der Waals surface area contributed by atoms with Crippen molar-refractivity contribution in [1.29, 1.82) is 0 Å². The zero-order chi connectivity index (χ0) is 25.4. The minimum Gasteiger partial charge on any atom is -0.467 e. The molecule has 2 aromatic carbocycles. The number of aromatic nitrogens is 2. The minimum absolute atomic E-state index is 0.0734. The molecule has 1 fully saturated rings. The molecule has 6 heterocycles. The van der Waals surface area contributed by atoms with Crippen LogP contribution in [0.4, 0.5) is 0 Å². The molecule has 1 amide bonds. The lowest BCUT2D eigenvalue weighted by Crippen LogP contribution is -2.60. The molecule has 2 N–H and O–H groups in total. The first kappa shape index (κ1) is 21.3. The van der Waals surface area contributed by atoms with Crippen molar-refractivity contribution < 1.29 is 28.7 Å². The number of hydrogen-bond acceptors (Lipinski definition) is 5. The van der Waals surface area contributed by atoms with Gasteiger partial charge in [0.05, 0.1) is 34.8 Å². The molecule has 8 rings (SSSR count). The second kappa shape index (κ2) is 6.57. The molecule has 5 atom stereocenters. The fourth-order valence-electron chi connectivity index (χ4n) is 7.93. The summed E-state index contributed by atoms with van der Waals surface area (Å²) >= 11 is 0. The summed E-state index contributed by atoms with van der Waals surface area (Å²) in [5, 5.41) is 17.4. The van der Waals surface area contributed by atoms with Crippen LogP contribution in [0, 0.1) is 5.92 Å². The van der Waals surface area contributed by atoms with Crippen LogP contribution in [0.25, 0.3) is 33.1 Å².